The molecule has 2 bridgehead atoms. The van der Waals surface area contributed by atoms with E-state index in [1.807, 2.05) is 0 Å². The first-order chi connectivity index (χ1) is 13.4. The molecule has 0 aromatic heterocycles. The van der Waals surface area contributed by atoms with Gasteiger partial charge in [-0.1, -0.05) is 62.2 Å². The molecule has 4 rings (SSSR count). The van der Waals surface area contributed by atoms with E-state index in [9.17, 15) is 19.2 Å². The highest BCUT2D eigenvalue weighted by Crippen LogP contribution is 2.60. The van der Waals surface area contributed by atoms with Gasteiger partial charge in [0.15, 0.2) is 12.4 Å². The zero-order chi connectivity index (χ0) is 20.0. The van der Waals surface area contributed by atoms with E-state index < -0.39 is 5.97 Å². The van der Waals surface area contributed by atoms with Crippen molar-refractivity contribution in [3.05, 3.63) is 35.9 Å². The number of carbonyl (C=O) groups is 4. The van der Waals surface area contributed by atoms with Crippen LogP contribution < -0.4 is 0 Å². The largest absolute Gasteiger partial charge is 0.457 e. The molecule has 2 aliphatic carbocycles. The number of nitrogens with zero attached hydrogens (tertiary/aromatic N) is 1. The van der Waals surface area contributed by atoms with Crippen molar-refractivity contribution in [1.82, 2.24) is 4.90 Å². The van der Waals surface area contributed by atoms with Crippen LogP contribution in [-0.4, -0.2) is 51.3 Å². The highest BCUT2D eigenvalue weighted by atomic mass is 79.9. The summed E-state index contributed by atoms with van der Waals surface area (Å²) in [6.07, 6.45) is 0.764. The number of rotatable bonds is 6. The van der Waals surface area contributed by atoms with Crippen LogP contribution in [0.1, 0.15) is 23.2 Å². The predicted octanol–water partition coefficient (Wildman–Crippen LogP) is 2.58. The molecule has 1 aliphatic heterocycles. The van der Waals surface area contributed by atoms with Crippen molar-refractivity contribution in [3.8, 4) is 0 Å². The second-order valence-corrected chi connectivity index (χ2v) is 9.65. The Morgan fingerprint density at radius 1 is 1.00 bits per heavy atom. The maximum atomic E-state index is 12.8. The molecular weight excluding hydrogens is 494 g/mol. The average Bonchev–Trinajstić information content (AvgIpc) is 3.30. The lowest BCUT2D eigenvalue weighted by Crippen LogP contribution is -2.37. The van der Waals surface area contributed by atoms with Crippen LogP contribution >= 0.6 is 31.9 Å². The summed E-state index contributed by atoms with van der Waals surface area (Å²) < 4.78 is 5.02. The molecule has 0 N–H and O–H groups in total. The van der Waals surface area contributed by atoms with Gasteiger partial charge in [0, 0.05) is 21.8 Å². The van der Waals surface area contributed by atoms with Crippen LogP contribution in [0.15, 0.2) is 30.3 Å². The van der Waals surface area contributed by atoms with E-state index in [-0.39, 0.29) is 70.5 Å². The molecule has 3 aliphatic rings. The summed E-state index contributed by atoms with van der Waals surface area (Å²) in [5.74, 6) is -1.52. The smallest absolute Gasteiger partial charge is 0.308 e. The van der Waals surface area contributed by atoms with Crippen molar-refractivity contribution < 1.29 is 23.9 Å². The summed E-state index contributed by atoms with van der Waals surface area (Å²) >= 11 is 7.29. The number of alkyl halides is 2. The summed E-state index contributed by atoms with van der Waals surface area (Å²) in [7, 11) is 0. The molecule has 3 fully saturated rings. The van der Waals surface area contributed by atoms with E-state index in [0.29, 0.717) is 5.56 Å². The molecule has 0 spiro atoms. The van der Waals surface area contributed by atoms with Gasteiger partial charge in [0.1, 0.15) is 0 Å². The quantitative estimate of drug-likeness (QED) is 0.253. The highest BCUT2D eigenvalue weighted by Gasteiger charge is 2.66. The van der Waals surface area contributed by atoms with Crippen molar-refractivity contribution in [2.75, 3.05) is 13.2 Å². The second-order valence-electron chi connectivity index (χ2n) is 7.53. The minimum Gasteiger partial charge on any atom is -0.457 e. The molecule has 6 nitrogen and oxygen atoms in total. The lowest BCUT2D eigenvalue weighted by Gasteiger charge is -2.28. The predicted molar refractivity (Wildman–Crippen MR) is 107 cm³/mol. The molecule has 2 amide bonds. The number of fused-ring (bicyclic) bond motifs is 5. The van der Waals surface area contributed by atoms with Gasteiger partial charge in [0.05, 0.1) is 18.3 Å². The number of esters is 1. The third-order valence-corrected chi connectivity index (χ3v) is 9.28. The number of amides is 2. The molecule has 8 heteroatoms. The van der Waals surface area contributed by atoms with Gasteiger partial charge < -0.3 is 4.74 Å². The van der Waals surface area contributed by atoms with Crippen molar-refractivity contribution in [3.63, 3.8) is 0 Å². The van der Waals surface area contributed by atoms with Gasteiger partial charge in [-0.15, -0.1) is 0 Å². The van der Waals surface area contributed by atoms with Gasteiger partial charge in [-0.2, -0.15) is 0 Å². The average molecular weight is 513 g/mol. The molecule has 0 radical (unpaired) electrons. The summed E-state index contributed by atoms with van der Waals surface area (Å²) in [6.45, 7) is -0.348. The van der Waals surface area contributed by atoms with Gasteiger partial charge in [-0.3, -0.25) is 24.1 Å². The molecule has 148 valence electrons. The van der Waals surface area contributed by atoms with Crippen LogP contribution in [-0.2, 0) is 19.1 Å². The molecule has 6 atom stereocenters. The lowest BCUT2D eigenvalue weighted by atomic mass is 9.81. The second kappa shape index (κ2) is 7.71. The van der Waals surface area contributed by atoms with Crippen LogP contribution in [0.2, 0.25) is 0 Å². The van der Waals surface area contributed by atoms with Gasteiger partial charge in [-0.25, -0.2) is 0 Å². The van der Waals surface area contributed by atoms with E-state index >= 15 is 0 Å². The normalized spacial score (nSPS) is 33.3. The fourth-order valence-electron chi connectivity index (χ4n) is 4.76. The maximum absolute atomic E-state index is 12.8. The standard InChI is InChI=1S/C20H19Br2NO5/c21-17-11-8-12(18(17)22)16-15(11)19(26)23(20(16)27)7-6-14(25)28-9-13(24)10-4-2-1-3-5-10/h1-5,11-12,15-18H,6-9H2/t11-,12+,15-,16+,17-,18+. The lowest BCUT2D eigenvalue weighted by molar-refractivity contribution is -0.145. The molecule has 28 heavy (non-hydrogen) atoms. The third-order valence-electron chi connectivity index (χ3n) is 6.08. The van der Waals surface area contributed by atoms with Crippen LogP contribution in [0.4, 0.5) is 0 Å². The molecular formula is C20H19Br2NO5. The number of ether oxygens (including phenoxy) is 1. The third kappa shape index (κ3) is 3.24. The first-order valence-electron chi connectivity index (χ1n) is 9.27. The first kappa shape index (κ1) is 19.8. The van der Waals surface area contributed by atoms with E-state index in [1.165, 1.54) is 4.90 Å². The Kier molecular flexibility index (Phi) is 5.44. The Hall–Kier alpha value is -1.54. The number of halogens is 2. The SMILES string of the molecule is O=C(CCN1C(=O)[C@@H]2[C@H]3C[C@H]([C@H](Br)[C@@H]3Br)[C@@H]2C1=O)OCC(=O)c1ccccc1. The summed E-state index contributed by atoms with van der Waals surface area (Å²) in [5.41, 5.74) is 0.470. The molecule has 1 heterocycles. The number of ketones is 1. The van der Waals surface area contributed by atoms with E-state index in [2.05, 4.69) is 31.9 Å². The van der Waals surface area contributed by atoms with Gasteiger partial charge in [-0.05, 0) is 18.3 Å². The molecule has 0 unspecified atom stereocenters. The number of Topliss-reactive ketones (excluding diaryl/α,β-unsaturated/α-hetero) is 1. The van der Waals surface area contributed by atoms with Crippen molar-refractivity contribution in [2.45, 2.75) is 22.5 Å². The Balaban J connectivity index is 1.31. The Labute approximate surface area is 179 Å². The molecule has 1 aromatic carbocycles. The topological polar surface area (TPSA) is 80.8 Å². The highest BCUT2D eigenvalue weighted by molar-refractivity contribution is 9.12. The van der Waals surface area contributed by atoms with E-state index in [1.54, 1.807) is 30.3 Å². The van der Waals surface area contributed by atoms with Gasteiger partial charge in [0.2, 0.25) is 11.8 Å². The first-order valence-corrected chi connectivity index (χ1v) is 11.1. The molecule has 1 aromatic rings. The van der Waals surface area contributed by atoms with Crippen LogP contribution in [0, 0.1) is 23.7 Å². The maximum Gasteiger partial charge on any atom is 0.308 e. The monoisotopic (exact) mass is 511 g/mol. The van der Waals surface area contributed by atoms with Crippen LogP contribution in [0.5, 0.6) is 0 Å². The number of hydrogen-bond donors (Lipinski definition) is 0. The number of hydrogen-bond acceptors (Lipinski definition) is 5. The van der Waals surface area contributed by atoms with Crippen molar-refractivity contribution >= 4 is 55.4 Å². The van der Waals surface area contributed by atoms with Crippen LogP contribution in [0.25, 0.3) is 0 Å². The number of benzene rings is 1. The van der Waals surface area contributed by atoms with Crippen molar-refractivity contribution in [1.29, 1.82) is 0 Å². The molecule has 1 saturated heterocycles. The Bertz CT molecular complexity index is 797. The van der Waals surface area contributed by atoms with Crippen LogP contribution in [0.3, 0.4) is 0 Å². The Morgan fingerprint density at radius 2 is 1.57 bits per heavy atom. The molecule has 2 saturated carbocycles. The summed E-state index contributed by atoms with van der Waals surface area (Å²) in [4.78, 5) is 51.1. The van der Waals surface area contributed by atoms with Crippen molar-refractivity contribution in [2.24, 2.45) is 23.7 Å². The zero-order valence-electron chi connectivity index (χ0n) is 14.9. The fraction of sp³-hybridized carbons (Fsp3) is 0.500. The number of carbonyl (C=O) groups excluding carboxylic acids is 4. The fourth-order valence-corrected chi connectivity index (χ4v) is 6.63. The van der Waals surface area contributed by atoms with Gasteiger partial charge >= 0.3 is 5.97 Å². The number of imide groups is 1. The van der Waals surface area contributed by atoms with E-state index in [0.717, 1.165) is 6.42 Å². The summed E-state index contributed by atoms with van der Waals surface area (Å²) in [6, 6.07) is 8.57. The summed E-state index contributed by atoms with van der Waals surface area (Å²) in [5, 5.41) is 0. The Morgan fingerprint density at radius 3 is 2.14 bits per heavy atom. The minimum atomic E-state index is -0.596. The van der Waals surface area contributed by atoms with E-state index in [4.69, 9.17) is 4.74 Å². The minimum absolute atomic E-state index is 0.00235. The van der Waals surface area contributed by atoms with Gasteiger partial charge in [0.25, 0.3) is 0 Å². The zero-order valence-corrected chi connectivity index (χ0v) is 18.1. The number of likely N-dealkylation sites (tertiary alicyclic amines) is 1.